The number of ether oxygens (including phenoxy) is 2. The molecule has 0 N–H and O–H groups in total. The molecule has 0 bridgehead atoms. The van der Waals surface area contributed by atoms with Crippen molar-refractivity contribution >= 4 is 5.82 Å². The van der Waals surface area contributed by atoms with E-state index in [2.05, 4.69) is 14.9 Å². The topological polar surface area (TPSA) is 47.5 Å². The van der Waals surface area contributed by atoms with Gasteiger partial charge in [-0.1, -0.05) is 0 Å². The SMILES string of the molecule is Cc1ncc2c(n1)N1CCOCC1CO2. The lowest BCUT2D eigenvalue weighted by Crippen LogP contribution is -2.51. The first-order valence-corrected chi connectivity index (χ1v) is 5.15. The second-order valence-corrected chi connectivity index (χ2v) is 3.84. The van der Waals surface area contributed by atoms with Crippen molar-refractivity contribution in [1.82, 2.24) is 9.97 Å². The van der Waals surface area contributed by atoms with Gasteiger partial charge in [-0.2, -0.15) is 0 Å². The number of anilines is 1. The van der Waals surface area contributed by atoms with Gasteiger partial charge in [-0.05, 0) is 6.92 Å². The Morgan fingerprint density at radius 2 is 2.40 bits per heavy atom. The monoisotopic (exact) mass is 207 g/mol. The van der Waals surface area contributed by atoms with Gasteiger partial charge in [0.2, 0.25) is 0 Å². The van der Waals surface area contributed by atoms with Crippen LogP contribution in [0.4, 0.5) is 5.82 Å². The van der Waals surface area contributed by atoms with Crippen molar-refractivity contribution in [3.63, 3.8) is 0 Å². The molecule has 0 saturated carbocycles. The van der Waals surface area contributed by atoms with Crippen LogP contribution in [-0.2, 0) is 4.74 Å². The zero-order valence-electron chi connectivity index (χ0n) is 8.64. The van der Waals surface area contributed by atoms with Crippen molar-refractivity contribution in [2.45, 2.75) is 13.0 Å². The van der Waals surface area contributed by atoms with Crippen molar-refractivity contribution in [3.8, 4) is 5.75 Å². The van der Waals surface area contributed by atoms with Crippen molar-refractivity contribution in [2.24, 2.45) is 0 Å². The predicted octanol–water partition coefficient (Wildman–Crippen LogP) is 0.383. The molecule has 1 fully saturated rings. The molecule has 3 rings (SSSR count). The first kappa shape index (κ1) is 8.91. The van der Waals surface area contributed by atoms with Crippen LogP contribution < -0.4 is 9.64 Å². The molecule has 0 amide bonds. The molecular formula is C10H13N3O2. The molecule has 1 saturated heterocycles. The van der Waals surface area contributed by atoms with Crippen LogP contribution in [0.3, 0.4) is 0 Å². The van der Waals surface area contributed by atoms with Crippen LogP contribution in [0.25, 0.3) is 0 Å². The molecular weight excluding hydrogens is 194 g/mol. The van der Waals surface area contributed by atoms with E-state index in [0.717, 1.165) is 37.2 Å². The zero-order valence-corrected chi connectivity index (χ0v) is 8.64. The van der Waals surface area contributed by atoms with E-state index in [9.17, 15) is 0 Å². The molecule has 0 aliphatic carbocycles. The quantitative estimate of drug-likeness (QED) is 0.615. The van der Waals surface area contributed by atoms with Crippen LogP contribution in [0.2, 0.25) is 0 Å². The van der Waals surface area contributed by atoms with Gasteiger partial charge in [0.1, 0.15) is 12.4 Å². The second-order valence-electron chi connectivity index (χ2n) is 3.84. The summed E-state index contributed by atoms with van der Waals surface area (Å²) in [5.74, 6) is 2.49. The summed E-state index contributed by atoms with van der Waals surface area (Å²) in [6.45, 7) is 4.93. The maximum absolute atomic E-state index is 5.60. The van der Waals surface area contributed by atoms with Gasteiger partial charge in [0.25, 0.3) is 0 Å². The van der Waals surface area contributed by atoms with Crippen LogP contribution in [0.1, 0.15) is 5.82 Å². The molecule has 2 aliphatic heterocycles. The van der Waals surface area contributed by atoms with Crippen LogP contribution in [-0.4, -0.2) is 42.4 Å². The maximum Gasteiger partial charge on any atom is 0.180 e. The van der Waals surface area contributed by atoms with Crippen LogP contribution >= 0.6 is 0 Å². The summed E-state index contributed by atoms with van der Waals surface area (Å²) < 4.78 is 11.0. The van der Waals surface area contributed by atoms with E-state index in [4.69, 9.17) is 9.47 Å². The lowest BCUT2D eigenvalue weighted by atomic mass is 10.2. The molecule has 0 radical (unpaired) electrons. The minimum absolute atomic E-state index is 0.306. The third-order valence-electron chi connectivity index (χ3n) is 2.79. The van der Waals surface area contributed by atoms with Crippen LogP contribution in [0.15, 0.2) is 6.20 Å². The van der Waals surface area contributed by atoms with Gasteiger partial charge >= 0.3 is 0 Å². The molecule has 1 unspecified atom stereocenters. The number of morpholine rings is 1. The van der Waals surface area contributed by atoms with Crippen LogP contribution in [0, 0.1) is 6.92 Å². The summed E-state index contributed by atoms with van der Waals surface area (Å²) in [5.41, 5.74) is 0. The standard InChI is InChI=1S/C10H13N3O2/c1-7-11-4-9-10(12-7)13-2-3-14-5-8(13)6-15-9/h4,8H,2-3,5-6H2,1H3. The molecule has 1 atom stereocenters. The zero-order chi connectivity index (χ0) is 10.3. The fraction of sp³-hybridized carbons (Fsp3) is 0.600. The first-order valence-electron chi connectivity index (χ1n) is 5.15. The predicted molar refractivity (Wildman–Crippen MR) is 54.2 cm³/mol. The Balaban J connectivity index is 2.01. The minimum Gasteiger partial charge on any atom is -0.486 e. The van der Waals surface area contributed by atoms with Gasteiger partial charge < -0.3 is 14.4 Å². The lowest BCUT2D eigenvalue weighted by molar-refractivity contribution is 0.0695. The highest BCUT2D eigenvalue weighted by molar-refractivity contribution is 5.54. The molecule has 15 heavy (non-hydrogen) atoms. The first-order chi connectivity index (χ1) is 7.34. The highest BCUT2D eigenvalue weighted by Gasteiger charge is 2.31. The summed E-state index contributed by atoms with van der Waals surface area (Å²) in [6.07, 6.45) is 1.75. The molecule has 3 heterocycles. The third-order valence-corrected chi connectivity index (χ3v) is 2.79. The van der Waals surface area contributed by atoms with Crippen LogP contribution in [0.5, 0.6) is 5.75 Å². The van der Waals surface area contributed by atoms with E-state index in [0.29, 0.717) is 12.6 Å². The van der Waals surface area contributed by atoms with Crippen molar-refractivity contribution in [2.75, 3.05) is 31.3 Å². The normalized spacial score (nSPS) is 24.1. The number of aromatic nitrogens is 2. The summed E-state index contributed by atoms with van der Waals surface area (Å²) in [7, 11) is 0. The van der Waals surface area contributed by atoms with E-state index in [-0.39, 0.29) is 0 Å². The Morgan fingerprint density at radius 1 is 1.47 bits per heavy atom. The summed E-state index contributed by atoms with van der Waals surface area (Å²) >= 11 is 0. The summed E-state index contributed by atoms with van der Waals surface area (Å²) in [5, 5.41) is 0. The fourth-order valence-corrected chi connectivity index (χ4v) is 2.01. The van der Waals surface area contributed by atoms with Gasteiger partial charge in [-0.15, -0.1) is 0 Å². The molecule has 0 aromatic carbocycles. The van der Waals surface area contributed by atoms with Gasteiger partial charge in [0.05, 0.1) is 25.5 Å². The van der Waals surface area contributed by atoms with E-state index in [1.54, 1.807) is 6.20 Å². The fourth-order valence-electron chi connectivity index (χ4n) is 2.01. The number of fused-ring (bicyclic) bond motifs is 3. The molecule has 2 aliphatic rings. The lowest BCUT2D eigenvalue weighted by Gasteiger charge is -2.40. The number of nitrogens with zero attached hydrogens (tertiary/aromatic N) is 3. The van der Waals surface area contributed by atoms with E-state index in [1.807, 2.05) is 6.92 Å². The van der Waals surface area contributed by atoms with E-state index in [1.165, 1.54) is 0 Å². The van der Waals surface area contributed by atoms with Crippen molar-refractivity contribution < 1.29 is 9.47 Å². The number of rotatable bonds is 0. The van der Waals surface area contributed by atoms with Gasteiger partial charge in [-0.25, -0.2) is 9.97 Å². The Labute approximate surface area is 88.0 Å². The van der Waals surface area contributed by atoms with Gasteiger partial charge in [-0.3, -0.25) is 0 Å². The molecule has 5 heteroatoms. The molecule has 0 spiro atoms. The largest absolute Gasteiger partial charge is 0.486 e. The highest BCUT2D eigenvalue weighted by atomic mass is 16.5. The Bertz CT molecular complexity index is 383. The summed E-state index contributed by atoms with van der Waals surface area (Å²) in [4.78, 5) is 10.8. The van der Waals surface area contributed by atoms with Crippen molar-refractivity contribution in [1.29, 1.82) is 0 Å². The van der Waals surface area contributed by atoms with Gasteiger partial charge in [0.15, 0.2) is 11.6 Å². The number of aryl methyl sites for hydroxylation is 1. The molecule has 5 nitrogen and oxygen atoms in total. The second kappa shape index (κ2) is 3.34. The maximum atomic E-state index is 5.60. The Morgan fingerprint density at radius 3 is 3.33 bits per heavy atom. The van der Waals surface area contributed by atoms with Gasteiger partial charge in [0, 0.05) is 6.54 Å². The van der Waals surface area contributed by atoms with E-state index < -0.39 is 0 Å². The summed E-state index contributed by atoms with van der Waals surface area (Å²) in [6, 6.07) is 0.306. The number of hydrogen-bond acceptors (Lipinski definition) is 5. The Kier molecular flexibility index (Phi) is 1.98. The van der Waals surface area contributed by atoms with E-state index >= 15 is 0 Å². The smallest absolute Gasteiger partial charge is 0.180 e. The average molecular weight is 207 g/mol. The average Bonchev–Trinajstić information content (AvgIpc) is 2.29. The molecule has 1 aromatic rings. The van der Waals surface area contributed by atoms with Crippen molar-refractivity contribution in [3.05, 3.63) is 12.0 Å². The third kappa shape index (κ3) is 1.43. The molecule has 80 valence electrons. The highest BCUT2D eigenvalue weighted by Crippen LogP contribution is 2.32. The molecule has 1 aromatic heterocycles. The Hall–Kier alpha value is -1.36. The number of hydrogen-bond donors (Lipinski definition) is 0. The minimum atomic E-state index is 0.306.